The van der Waals surface area contributed by atoms with Crippen LogP contribution < -0.4 is 9.47 Å². The van der Waals surface area contributed by atoms with Crippen LogP contribution in [0.3, 0.4) is 0 Å². The highest BCUT2D eigenvalue weighted by molar-refractivity contribution is 5.67. The molecule has 1 saturated heterocycles. The van der Waals surface area contributed by atoms with Crippen LogP contribution in [0.5, 0.6) is 11.5 Å². The molecule has 0 unspecified atom stereocenters. The van der Waals surface area contributed by atoms with E-state index >= 15 is 0 Å². The quantitative estimate of drug-likeness (QED) is 0.745. The summed E-state index contributed by atoms with van der Waals surface area (Å²) in [5, 5.41) is 0. The number of ether oxygens (including phenoxy) is 4. The number of rotatable bonds is 7. The van der Waals surface area contributed by atoms with Gasteiger partial charge in [-0.2, -0.15) is 0 Å². The largest absolute Gasteiger partial charge is 0.497 e. The van der Waals surface area contributed by atoms with Crippen molar-refractivity contribution >= 4 is 0 Å². The normalized spacial score (nSPS) is 15.6. The van der Waals surface area contributed by atoms with Crippen LogP contribution >= 0.6 is 0 Å². The molecule has 1 aliphatic rings. The monoisotopic (exact) mass is 371 g/mol. The first-order chi connectivity index (χ1) is 13.1. The topological polar surface area (TPSA) is 40.2 Å². The molecule has 1 aliphatic heterocycles. The molecule has 5 nitrogen and oxygen atoms in total. The number of hydrogen-bond acceptors (Lipinski definition) is 5. The average Bonchev–Trinajstić information content (AvgIpc) is 2.95. The van der Waals surface area contributed by atoms with E-state index in [9.17, 15) is 0 Å². The molecule has 1 heterocycles. The van der Waals surface area contributed by atoms with Crippen LogP contribution in [0.25, 0.3) is 11.1 Å². The molecule has 2 aromatic rings. The van der Waals surface area contributed by atoms with Crippen LogP contribution in [-0.2, 0) is 16.0 Å². The smallest absolute Gasteiger partial charge is 0.123 e. The van der Waals surface area contributed by atoms with Crippen LogP contribution in [0.4, 0.5) is 0 Å². The molecule has 146 valence electrons. The molecule has 0 aromatic heterocycles. The van der Waals surface area contributed by atoms with E-state index in [2.05, 4.69) is 49.3 Å². The molecular weight excluding hydrogens is 342 g/mol. The summed E-state index contributed by atoms with van der Waals surface area (Å²) in [6, 6.07) is 14.6. The van der Waals surface area contributed by atoms with E-state index in [0.717, 1.165) is 29.2 Å². The number of nitrogens with zero attached hydrogens (tertiary/aromatic N) is 1. The molecule has 0 atom stereocenters. The lowest BCUT2D eigenvalue weighted by Crippen LogP contribution is -2.20. The van der Waals surface area contributed by atoms with Gasteiger partial charge in [0.2, 0.25) is 0 Å². The molecule has 0 spiro atoms. The molecular formula is C22H29NO4. The van der Waals surface area contributed by atoms with Crippen molar-refractivity contribution in [3.8, 4) is 22.6 Å². The Bertz CT molecular complexity index is 707. The van der Waals surface area contributed by atoms with Crippen LogP contribution in [0.2, 0.25) is 0 Å². The first-order valence-electron chi connectivity index (χ1n) is 9.35. The zero-order valence-corrected chi connectivity index (χ0v) is 16.4. The second-order valence-corrected chi connectivity index (χ2v) is 7.16. The zero-order valence-electron chi connectivity index (χ0n) is 16.4. The predicted octanol–water partition coefficient (Wildman–Crippen LogP) is 3.47. The summed E-state index contributed by atoms with van der Waals surface area (Å²) in [7, 11) is 5.82. The molecule has 0 N–H and O–H groups in total. The van der Waals surface area contributed by atoms with E-state index in [-0.39, 0.29) is 5.92 Å². The van der Waals surface area contributed by atoms with Crippen molar-refractivity contribution < 1.29 is 18.9 Å². The minimum absolute atomic E-state index is 0.243. The van der Waals surface area contributed by atoms with Crippen LogP contribution in [0.15, 0.2) is 42.5 Å². The van der Waals surface area contributed by atoms with Gasteiger partial charge in [0.25, 0.3) is 0 Å². The molecule has 0 aliphatic carbocycles. The van der Waals surface area contributed by atoms with E-state index in [0.29, 0.717) is 33.0 Å². The van der Waals surface area contributed by atoms with Gasteiger partial charge < -0.3 is 23.8 Å². The molecule has 2 aromatic carbocycles. The molecule has 3 rings (SSSR count). The fraction of sp³-hybridized carbons (Fsp3) is 0.455. The Morgan fingerprint density at radius 2 is 1.59 bits per heavy atom. The van der Waals surface area contributed by atoms with Gasteiger partial charge in [-0.25, -0.2) is 0 Å². The van der Waals surface area contributed by atoms with Crippen molar-refractivity contribution in [3.63, 3.8) is 0 Å². The standard InChI is InChI=1S/C22H29NO4/c1-23(2)13-17-4-6-19(7-5-17)20-10-21(24-3)12-22(11-20)27-16-18-14-25-8-9-26-15-18/h4-7,10-12,18H,8-9,13-16H2,1-3H3. The van der Waals surface area contributed by atoms with Gasteiger partial charge in [-0.3, -0.25) is 0 Å². The Balaban J connectivity index is 1.72. The first kappa shape index (κ1) is 19.7. The molecule has 1 fully saturated rings. The summed E-state index contributed by atoms with van der Waals surface area (Å²) < 4.78 is 22.6. The third kappa shape index (κ3) is 5.96. The molecule has 0 radical (unpaired) electrons. The van der Waals surface area contributed by atoms with E-state index in [1.54, 1.807) is 7.11 Å². The highest BCUT2D eigenvalue weighted by Crippen LogP contribution is 2.30. The lowest BCUT2D eigenvalue weighted by molar-refractivity contribution is 0.101. The van der Waals surface area contributed by atoms with Gasteiger partial charge >= 0.3 is 0 Å². The van der Waals surface area contributed by atoms with Gasteiger partial charge in [-0.15, -0.1) is 0 Å². The van der Waals surface area contributed by atoms with Gasteiger partial charge in [0, 0.05) is 18.5 Å². The number of methoxy groups -OCH3 is 1. The van der Waals surface area contributed by atoms with Gasteiger partial charge in [0.05, 0.1) is 40.1 Å². The van der Waals surface area contributed by atoms with Crippen molar-refractivity contribution in [2.75, 3.05) is 54.2 Å². The lowest BCUT2D eigenvalue weighted by Gasteiger charge is -2.16. The summed E-state index contributed by atoms with van der Waals surface area (Å²) in [5.74, 6) is 1.83. The Hall–Kier alpha value is -2.08. The second-order valence-electron chi connectivity index (χ2n) is 7.16. The summed E-state index contributed by atoms with van der Waals surface area (Å²) in [6.07, 6.45) is 0. The predicted molar refractivity (Wildman–Crippen MR) is 106 cm³/mol. The minimum atomic E-state index is 0.243. The van der Waals surface area contributed by atoms with Gasteiger partial charge in [0.1, 0.15) is 11.5 Å². The third-order valence-corrected chi connectivity index (χ3v) is 4.47. The molecule has 0 amide bonds. The fourth-order valence-corrected chi connectivity index (χ4v) is 3.08. The second kappa shape index (κ2) is 9.74. The highest BCUT2D eigenvalue weighted by atomic mass is 16.5. The maximum Gasteiger partial charge on any atom is 0.123 e. The van der Waals surface area contributed by atoms with Crippen molar-refractivity contribution in [1.29, 1.82) is 0 Å². The Kier molecular flexibility index (Phi) is 7.10. The third-order valence-electron chi connectivity index (χ3n) is 4.47. The Labute approximate surface area is 161 Å². The van der Waals surface area contributed by atoms with Crippen LogP contribution in [0.1, 0.15) is 5.56 Å². The summed E-state index contributed by atoms with van der Waals surface area (Å²) in [5.41, 5.74) is 3.51. The van der Waals surface area contributed by atoms with Crippen LogP contribution in [-0.4, -0.2) is 59.1 Å². The average molecular weight is 371 g/mol. The molecule has 0 bridgehead atoms. The van der Waals surface area contributed by atoms with E-state index in [1.807, 2.05) is 12.1 Å². The molecule has 27 heavy (non-hydrogen) atoms. The maximum absolute atomic E-state index is 6.04. The van der Waals surface area contributed by atoms with Gasteiger partial charge in [0.15, 0.2) is 0 Å². The lowest BCUT2D eigenvalue weighted by atomic mass is 10.0. The summed E-state index contributed by atoms with van der Waals surface area (Å²) in [4.78, 5) is 2.16. The fourth-order valence-electron chi connectivity index (χ4n) is 3.08. The van der Waals surface area contributed by atoms with Gasteiger partial charge in [-0.1, -0.05) is 24.3 Å². The first-order valence-corrected chi connectivity index (χ1v) is 9.35. The van der Waals surface area contributed by atoms with E-state index < -0.39 is 0 Å². The van der Waals surface area contributed by atoms with Gasteiger partial charge in [-0.05, 0) is 42.9 Å². The van der Waals surface area contributed by atoms with Crippen molar-refractivity contribution in [2.45, 2.75) is 6.54 Å². The molecule has 5 heteroatoms. The van der Waals surface area contributed by atoms with Crippen molar-refractivity contribution in [2.24, 2.45) is 5.92 Å². The van der Waals surface area contributed by atoms with E-state index in [4.69, 9.17) is 18.9 Å². The van der Waals surface area contributed by atoms with Crippen LogP contribution in [0, 0.1) is 5.92 Å². The summed E-state index contributed by atoms with van der Waals surface area (Å²) in [6.45, 7) is 4.15. The molecule has 0 saturated carbocycles. The summed E-state index contributed by atoms with van der Waals surface area (Å²) >= 11 is 0. The zero-order chi connectivity index (χ0) is 19.1. The maximum atomic E-state index is 6.04. The van der Waals surface area contributed by atoms with Crippen molar-refractivity contribution in [1.82, 2.24) is 4.90 Å². The van der Waals surface area contributed by atoms with E-state index in [1.165, 1.54) is 5.56 Å². The highest BCUT2D eigenvalue weighted by Gasteiger charge is 2.14. The number of hydrogen-bond donors (Lipinski definition) is 0. The minimum Gasteiger partial charge on any atom is -0.497 e. The Morgan fingerprint density at radius 3 is 2.22 bits per heavy atom. The SMILES string of the molecule is COc1cc(OCC2COCCOC2)cc(-c2ccc(CN(C)C)cc2)c1. The Morgan fingerprint density at radius 1 is 0.926 bits per heavy atom. The number of benzene rings is 2. The van der Waals surface area contributed by atoms with Crippen molar-refractivity contribution in [3.05, 3.63) is 48.0 Å².